The van der Waals surface area contributed by atoms with Gasteiger partial charge in [0.05, 0.1) is 0 Å². The fraction of sp³-hybridized carbons (Fsp3) is 1.00. The third-order valence-corrected chi connectivity index (χ3v) is 2.20. The van der Waals surface area contributed by atoms with Crippen molar-refractivity contribution in [2.24, 2.45) is 11.1 Å². The van der Waals surface area contributed by atoms with Gasteiger partial charge in [-0.25, -0.2) is 0 Å². The van der Waals surface area contributed by atoms with Gasteiger partial charge in [0.2, 0.25) is 0 Å². The smallest absolute Gasteiger partial charge is 0.0468 e. The predicted molar refractivity (Wildman–Crippen MR) is 39.2 cm³/mol. The Kier molecular flexibility index (Phi) is 2.62. The number of nitrogens with one attached hydrogen (secondary N) is 1. The first kappa shape index (κ1) is 7.47. The zero-order chi connectivity index (χ0) is 7.40. The molecule has 10 heavy (non-hydrogen) atoms. The first-order chi connectivity index (χ1) is 4.86. The second-order valence-corrected chi connectivity index (χ2v) is 2.82. The minimum absolute atomic E-state index is 0.921. The Morgan fingerprint density at radius 2 is 1.50 bits per heavy atom. The Morgan fingerprint density at radius 3 is 1.60 bits per heavy atom. The number of hydrogen-bond acceptors (Lipinski definition) is 3. The largest absolute Gasteiger partial charge is 0.311 e. The highest BCUT2D eigenvalue weighted by Gasteiger charge is 2.29. The van der Waals surface area contributed by atoms with Gasteiger partial charge in [-0.2, -0.15) is 0 Å². The topological polar surface area (TPSA) is 67.5 Å². The maximum atomic E-state index is 8.33. The standard InChI is InChI=1S/C6H11N.H2N2O/c1-2-6-4-3-5(1)7-6;1-2-3/h5-7H,1-4H2;(H2,1,3). The molecule has 4 nitrogen and oxygen atoms in total. The van der Waals surface area contributed by atoms with Crippen molar-refractivity contribution in [3.63, 3.8) is 0 Å². The van der Waals surface area contributed by atoms with Crippen LogP contribution in [0.3, 0.4) is 0 Å². The summed E-state index contributed by atoms with van der Waals surface area (Å²) in [4.78, 5) is 8.33. The second kappa shape index (κ2) is 3.51. The van der Waals surface area contributed by atoms with E-state index in [0.717, 1.165) is 12.1 Å². The summed E-state index contributed by atoms with van der Waals surface area (Å²) in [6, 6.07) is 1.84. The number of nitrogens with zero attached hydrogens (tertiary/aromatic N) is 1. The molecular weight excluding hydrogens is 130 g/mol. The van der Waals surface area contributed by atoms with Crippen LogP contribution < -0.4 is 11.2 Å². The molecule has 0 atom stereocenters. The molecule has 0 unspecified atom stereocenters. The van der Waals surface area contributed by atoms with Crippen LogP contribution in [0.4, 0.5) is 0 Å². The Morgan fingerprint density at radius 1 is 1.20 bits per heavy atom. The molecule has 0 radical (unpaired) electrons. The quantitative estimate of drug-likeness (QED) is 0.295. The molecule has 2 aliphatic rings. The molecule has 58 valence electrons. The maximum Gasteiger partial charge on any atom is 0.0468 e. The van der Waals surface area contributed by atoms with Crippen molar-refractivity contribution in [1.82, 2.24) is 5.32 Å². The van der Waals surface area contributed by atoms with Crippen LogP contribution in [0.1, 0.15) is 25.7 Å². The molecule has 0 spiro atoms. The molecule has 2 fully saturated rings. The number of fused-ring (bicyclic) bond motifs is 2. The highest BCUT2D eigenvalue weighted by Crippen LogP contribution is 2.26. The molecule has 0 aliphatic carbocycles. The fourth-order valence-corrected chi connectivity index (χ4v) is 1.76. The van der Waals surface area contributed by atoms with E-state index in [4.69, 9.17) is 4.91 Å². The summed E-state index contributed by atoms with van der Waals surface area (Å²) in [6.45, 7) is 0. The third-order valence-electron chi connectivity index (χ3n) is 2.20. The first-order valence-electron chi connectivity index (χ1n) is 3.65. The minimum Gasteiger partial charge on any atom is -0.311 e. The molecule has 0 amide bonds. The Bertz CT molecular complexity index is 99.6. The molecule has 0 saturated carbocycles. The molecule has 2 aliphatic heterocycles. The fourth-order valence-electron chi connectivity index (χ4n) is 1.76. The second-order valence-electron chi connectivity index (χ2n) is 2.82. The molecular formula is C6H13N3O. The maximum absolute atomic E-state index is 8.33. The van der Waals surface area contributed by atoms with Crippen molar-refractivity contribution in [2.75, 3.05) is 0 Å². The molecule has 2 saturated heterocycles. The van der Waals surface area contributed by atoms with Crippen molar-refractivity contribution in [3.05, 3.63) is 4.91 Å². The van der Waals surface area contributed by atoms with Gasteiger partial charge in [0.25, 0.3) is 0 Å². The van der Waals surface area contributed by atoms with Crippen molar-refractivity contribution in [1.29, 1.82) is 0 Å². The summed E-state index contributed by atoms with van der Waals surface area (Å²) in [6.07, 6.45) is 5.80. The van der Waals surface area contributed by atoms with Crippen LogP contribution >= 0.6 is 0 Å². The van der Waals surface area contributed by atoms with Crippen molar-refractivity contribution in [2.45, 2.75) is 37.8 Å². The van der Waals surface area contributed by atoms with Crippen LogP contribution in [0.15, 0.2) is 5.29 Å². The summed E-state index contributed by atoms with van der Waals surface area (Å²) < 4.78 is 0. The van der Waals surface area contributed by atoms with Crippen molar-refractivity contribution < 1.29 is 0 Å². The summed E-state index contributed by atoms with van der Waals surface area (Å²) in [5.74, 6) is 3.92. The van der Waals surface area contributed by atoms with E-state index < -0.39 is 0 Å². The lowest BCUT2D eigenvalue weighted by atomic mass is 10.0. The summed E-state index contributed by atoms with van der Waals surface area (Å²) in [7, 11) is 0. The lowest BCUT2D eigenvalue weighted by Crippen LogP contribution is -2.17. The van der Waals surface area contributed by atoms with Gasteiger partial charge in [-0.1, -0.05) is 0 Å². The van der Waals surface area contributed by atoms with Crippen LogP contribution in [0, 0.1) is 4.91 Å². The van der Waals surface area contributed by atoms with Crippen LogP contribution in [0.2, 0.25) is 0 Å². The molecule has 0 aromatic heterocycles. The number of rotatable bonds is 0. The van der Waals surface area contributed by atoms with Gasteiger partial charge in [-0.05, 0) is 25.7 Å². The van der Waals surface area contributed by atoms with Gasteiger partial charge < -0.3 is 5.32 Å². The summed E-state index contributed by atoms with van der Waals surface area (Å²) in [5, 5.41) is 5.28. The molecule has 4 heteroatoms. The Balaban J connectivity index is 0.000000148. The Labute approximate surface area is 60.1 Å². The van der Waals surface area contributed by atoms with Gasteiger partial charge in [-0.3, -0.25) is 5.84 Å². The van der Waals surface area contributed by atoms with Gasteiger partial charge in [0.15, 0.2) is 0 Å². The molecule has 2 bridgehead atoms. The van der Waals surface area contributed by atoms with E-state index >= 15 is 0 Å². The van der Waals surface area contributed by atoms with Gasteiger partial charge in [0, 0.05) is 17.4 Å². The van der Waals surface area contributed by atoms with E-state index in [1.165, 1.54) is 25.7 Å². The van der Waals surface area contributed by atoms with Crippen LogP contribution in [-0.4, -0.2) is 12.1 Å². The van der Waals surface area contributed by atoms with Crippen molar-refractivity contribution in [3.8, 4) is 0 Å². The lowest BCUT2D eigenvalue weighted by molar-refractivity contribution is 0.576. The number of nitroso groups, excluding NO2 is 1. The molecule has 2 rings (SSSR count). The summed E-state index contributed by atoms with van der Waals surface area (Å²) >= 11 is 0. The average molecular weight is 143 g/mol. The molecule has 2 heterocycles. The van der Waals surface area contributed by atoms with E-state index in [9.17, 15) is 0 Å². The minimum atomic E-state index is 0.921. The van der Waals surface area contributed by atoms with Crippen LogP contribution in [0.25, 0.3) is 0 Å². The Hall–Kier alpha value is -0.640. The predicted octanol–water partition coefficient (Wildman–Crippen LogP) is 0.527. The molecule has 0 aromatic carbocycles. The first-order valence-corrected chi connectivity index (χ1v) is 3.65. The zero-order valence-corrected chi connectivity index (χ0v) is 5.92. The average Bonchev–Trinajstić information content (AvgIpc) is 2.49. The number of nitrogens with two attached hydrogens (primary N) is 1. The normalized spacial score (nSPS) is 34.8. The van der Waals surface area contributed by atoms with E-state index in [0.29, 0.717) is 0 Å². The SMILES string of the molecule is C1CC2CCC1N2.NN=O. The highest BCUT2D eigenvalue weighted by atomic mass is 16.3. The van der Waals surface area contributed by atoms with Crippen molar-refractivity contribution >= 4 is 0 Å². The third kappa shape index (κ3) is 1.67. The van der Waals surface area contributed by atoms with Gasteiger partial charge >= 0.3 is 0 Å². The van der Waals surface area contributed by atoms with Gasteiger partial charge in [0.1, 0.15) is 0 Å². The lowest BCUT2D eigenvalue weighted by Gasteiger charge is -2.02. The van der Waals surface area contributed by atoms with E-state index in [2.05, 4.69) is 11.2 Å². The van der Waals surface area contributed by atoms with E-state index in [1.54, 1.807) is 5.29 Å². The van der Waals surface area contributed by atoms with E-state index in [1.807, 2.05) is 0 Å². The van der Waals surface area contributed by atoms with E-state index in [-0.39, 0.29) is 0 Å². The monoisotopic (exact) mass is 143 g/mol. The van der Waals surface area contributed by atoms with Crippen LogP contribution in [-0.2, 0) is 0 Å². The molecule has 3 N–H and O–H groups in total. The summed E-state index contributed by atoms with van der Waals surface area (Å²) in [5.41, 5.74) is 0. The zero-order valence-electron chi connectivity index (χ0n) is 5.92. The number of hydrogen-bond donors (Lipinski definition) is 2. The highest BCUT2D eigenvalue weighted by molar-refractivity contribution is 4.90. The van der Waals surface area contributed by atoms with Gasteiger partial charge in [-0.15, -0.1) is 4.91 Å². The van der Waals surface area contributed by atoms with Crippen LogP contribution in [0.5, 0.6) is 0 Å². The molecule has 0 aromatic rings.